The Kier molecular flexibility index (Phi) is 2.52. The number of rotatable bonds is 1. The lowest BCUT2D eigenvalue weighted by Crippen LogP contribution is -2.66. The molecule has 0 unspecified atom stereocenters. The van der Waals surface area contributed by atoms with Crippen molar-refractivity contribution >= 4 is 18.2 Å². The number of nitrogens with zero attached hydrogens (tertiary/aromatic N) is 1. The van der Waals surface area contributed by atoms with Gasteiger partial charge in [0, 0.05) is 6.42 Å². The number of aldehydes is 1. The van der Waals surface area contributed by atoms with Crippen LogP contribution >= 0.6 is 0 Å². The van der Waals surface area contributed by atoms with E-state index >= 15 is 0 Å². The number of cyclic esters (lactones) is 1. The molecule has 1 amide bonds. The summed E-state index contributed by atoms with van der Waals surface area (Å²) in [7, 11) is 0. The van der Waals surface area contributed by atoms with Gasteiger partial charge in [-0.15, -0.1) is 0 Å². The zero-order valence-corrected chi connectivity index (χ0v) is 10.4. The number of amides is 1. The highest BCUT2D eigenvalue weighted by Gasteiger charge is 2.59. The van der Waals surface area contributed by atoms with E-state index in [2.05, 4.69) is 0 Å². The maximum absolute atomic E-state index is 11.9. The first kappa shape index (κ1) is 12.1. The smallest absolute Gasteiger partial charge is 0.339 e. The van der Waals surface area contributed by atoms with Gasteiger partial charge >= 0.3 is 5.97 Å². The number of hydrogen-bond acceptors (Lipinski definition) is 4. The fraction of sp³-hybridized carbons (Fsp3) is 0.750. The Balaban J connectivity index is 2.46. The third kappa shape index (κ3) is 1.56. The Morgan fingerprint density at radius 1 is 1.41 bits per heavy atom. The lowest BCUT2D eigenvalue weighted by Gasteiger charge is -2.47. The third-order valence-corrected chi connectivity index (χ3v) is 3.65. The summed E-state index contributed by atoms with van der Waals surface area (Å²) in [5.74, 6) is -0.715. The fourth-order valence-corrected chi connectivity index (χ4v) is 2.57. The Hall–Kier alpha value is -1.39. The summed E-state index contributed by atoms with van der Waals surface area (Å²) in [6, 6.07) is -0.236. The molecular formula is C12H17NO4. The zero-order chi connectivity index (χ0) is 12.8. The molecule has 5 nitrogen and oxygen atoms in total. The van der Waals surface area contributed by atoms with Crippen LogP contribution in [0, 0.1) is 5.41 Å². The molecular weight excluding hydrogens is 222 g/mol. The van der Waals surface area contributed by atoms with Crippen LogP contribution in [-0.2, 0) is 19.1 Å². The minimum Gasteiger partial charge on any atom is -0.461 e. The van der Waals surface area contributed by atoms with Gasteiger partial charge in [0.25, 0.3) is 0 Å². The van der Waals surface area contributed by atoms with Gasteiger partial charge in [-0.1, -0.05) is 20.8 Å². The highest BCUT2D eigenvalue weighted by atomic mass is 16.5. The number of carbonyl (C=O) groups is 3. The first-order valence-electron chi connectivity index (χ1n) is 5.78. The van der Waals surface area contributed by atoms with Crippen molar-refractivity contribution in [1.29, 1.82) is 0 Å². The quantitative estimate of drug-likeness (QED) is 0.380. The largest absolute Gasteiger partial charge is 0.461 e. The molecule has 2 aliphatic heterocycles. The maximum Gasteiger partial charge on any atom is 0.339 e. The van der Waals surface area contributed by atoms with Crippen LogP contribution in [-0.4, -0.2) is 41.3 Å². The molecule has 5 heteroatoms. The predicted octanol–water partition coefficient (Wildman–Crippen LogP) is 0.518. The molecule has 0 aromatic heterocycles. The summed E-state index contributed by atoms with van der Waals surface area (Å²) < 4.78 is 5.11. The minimum absolute atomic E-state index is 0.131. The summed E-state index contributed by atoms with van der Waals surface area (Å²) in [5, 5.41) is 0. The second kappa shape index (κ2) is 3.55. The average Bonchev–Trinajstić information content (AvgIpc) is 2.58. The van der Waals surface area contributed by atoms with E-state index in [-0.39, 0.29) is 36.8 Å². The minimum atomic E-state index is -1.37. The van der Waals surface area contributed by atoms with Crippen molar-refractivity contribution in [2.75, 3.05) is 6.61 Å². The van der Waals surface area contributed by atoms with Crippen LogP contribution < -0.4 is 0 Å². The molecule has 2 aliphatic rings. The van der Waals surface area contributed by atoms with E-state index in [9.17, 15) is 14.4 Å². The van der Waals surface area contributed by atoms with Gasteiger partial charge in [-0.25, -0.2) is 4.79 Å². The molecule has 2 atom stereocenters. The summed E-state index contributed by atoms with van der Waals surface area (Å²) in [6.45, 7) is 6.08. The Morgan fingerprint density at radius 3 is 2.59 bits per heavy atom. The van der Waals surface area contributed by atoms with Crippen LogP contribution in [0.5, 0.6) is 0 Å². The van der Waals surface area contributed by atoms with Gasteiger partial charge in [-0.2, -0.15) is 0 Å². The van der Waals surface area contributed by atoms with Crippen molar-refractivity contribution in [1.82, 2.24) is 4.90 Å². The lowest BCUT2D eigenvalue weighted by molar-refractivity contribution is -0.181. The standard InChI is InChI=1S/C12H17NO4/c1-11(2,3)8-6-17-10(16)12(7-14)5-4-9(15)13(8)12/h7-8H,4-6H2,1-3H3/t8-,12+/m0/s1. The summed E-state index contributed by atoms with van der Waals surface area (Å²) in [5.41, 5.74) is -1.59. The average molecular weight is 239 g/mol. The zero-order valence-electron chi connectivity index (χ0n) is 10.4. The van der Waals surface area contributed by atoms with Gasteiger partial charge in [0.15, 0.2) is 11.8 Å². The van der Waals surface area contributed by atoms with Gasteiger partial charge in [-0.3, -0.25) is 4.79 Å². The van der Waals surface area contributed by atoms with Gasteiger partial charge in [0.1, 0.15) is 6.61 Å². The monoisotopic (exact) mass is 239 g/mol. The van der Waals surface area contributed by atoms with Crippen molar-refractivity contribution in [3.63, 3.8) is 0 Å². The van der Waals surface area contributed by atoms with Crippen LogP contribution in [0.4, 0.5) is 0 Å². The lowest BCUT2D eigenvalue weighted by atomic mass is 9.82. The molecule has 94 valence electrons. The van der Waals surface area contributed by atoms with E-state index in [1.165, 1.54) is 4.90 Å². The Labute approximate surface area is 100 Å². The molecule has 0 aromatic rings. The van der Waals surface area contributed by atoms with Gasteiger partial charge < -0.3 is 14.4 Å². The van der Waals surface area contributed by atoms with E-state index < -0.39 is 11.5 Å². The topological polar surface area (TPSA) is 63.7 Å². The molecule has 17 heavy (non-hydrogen) atoms. The van der Waals surface area contributed by atoms with Gasteiger partial charge in [-0.05, 0) is 11.8 Å². The summed E-state index contributed by atoms with van der Waals surface area (Å²) in [6.07, 6.45) is 1.04. The van der Waals surface area contributed by atoms with E-state index in [0.29, 0.717) is 6.29 Å². The number of esters is 1. The normalized spacial score (nSPS) is 33.4. The Bertz CT molecular complexity index is 384. The van der Waals surface area contributed by atoms with Gasteiger partial charge in [0.05, 0.1) is 6.04 Å². The molecule has 0 saturated carbocycles. The Morgan fingerprint density at radius 2 is 2.06 bits per heavy atom. The molecule has 2 heterocycles. The number of ether oxygens (including phenoxy) is 1. The van der Waals surface area contributed by atoms with Crippen molar-refractivity contribution in [3.8, 4) is 0 Å². The molecule has 2 fully saturated rings. The number of carbonyl (C=O) groups excluding carboxylic acids is 3. The number of hydrogen-bond donors (Lipinski definition) is 0. The molecule has 0 aliphatic carbocycles. The number of fused-ring (bicyclic) bond motifs is 1. The van der Waals surface area contributed by atoms with E-state index in [0.717, 1.165) is 0 Å². The molecule has 2 saturated heterocycles. The van der Waals surface area contributed by atoms with Gasteiger partial charge in [0.2, 0.25) is 5.91 Å². The second-order valence-electron chi connectivity index (χ2n) is 5.79. The van der Waals surface area contributed by atoms with Crippen molar-refractivity contribution < 1.29 is 19.1 Å². The van der Waals surface area contributed by atoms with Crippen LogP contribution in [0.1, 0.15) is 33.6 Å². The van der Waals surface area contributed by atoms with E-state index in [1.807, 2.05) is 20.8 Å². The van der Waals surface area contributed by atoms with E-state index in [4.69, 9.17) is 4.74 Å². The predicted molar refractivity (Wildman–Crippen MR) is 59.1 cm³/mol. The first-order chi connectivity index (χ1) is 7.83. The van der Waals surface area contributed by atoms with E-state index in [1.54, 1.807) is 0 Å². The molecule has 0 radical (unpaired) electrons. The summed E-state index contributed by atoms with van der Waals surface area (Å²) in [4.78, 5) is 36.5. The van der Waals surface area contributed by atoms with Crippen molar-refractivity contribution in [2.45, 2.75) is 45.2 Å². The second-order valence-corrected chi connectivity index (χ2v) is 5.79. The van der Waals surface area contributed by atoms with Crippen molar-refractivity contribution in [3.05, 3.63) is 0 Å². The van der Waals surface area contributed by atoms with Crippen LogP contribution in [0.15, 0.2) is 0 Å². The first-order valence-corrected chi connectivity index (χ1v) is 5.78. The van der Waals surface area contributed by atoms with Crippen LogP contribution in [0.25, 0.3) is 0 Å². The summed E-state index contributed by atoms with van der Waals surface area (Å²) >= 11 is 0. The molecule has 0 N–H and O–H groups in total. The SMILES string of the molecule is CC(C)(C)[C@@H]1COC(=O)[C@]2(C=O)CCC(=O)N12. The molecule has 0 bridgehead atoms. The fourth-order valence-electron chi connectivity index (χ4n) is 2.57. The highest BCUT2D eigenvalue weighted by Crippen LogP contribution is 2.40. The number of morpholine rings is 1. The molecule has 0 aromatic carbocycles. The third-order valence-electron chi connectivity index (χ3n) is 3.65. The van der Waals surface area contributed by atoms with Crippen molar-refractivity contribution in [2.24, 2.45) is 5.41 Å². The highest BCUT2D eigenvalue weighted by molar-refractivity contribution is 6.05. The molecule has 2 rings (SSSR count). The maximum atomic E-state index is 11.9. The van der Waals surface area contributed by atoms with Crippen LogP contribution in [0.2, 0.25) is 0 Å². The van der Waals surface area contributed by atoms with Crippen LogP contribution in [0.3, 0.4) is 0 Å². The molecule has 0 spiro atoms.